The molecule has 2 aliphatic rings. The molecule has 3 rings (SSSR count). The van der Waals surface area contributed by atoms with E-state index >= 15 is 0 Å². The van der Waals surface area contributed by atoms with Crippen LogP contribution in [0.25, 0.3) is 0 Å². The normalized spacial score (nSPS) is 20.3. The zero-order chi connectivity index (χ0) is 10.3. The van der Waals surface area contributed by atoms with Crippen molar-refractivity contribution in [2.45, 2.75) is 31.6 Å². The van der Waals surface area contributed by atoms with Gasteiger partial charge in [-0.2, -0.15) is 0 Å². The van der Waals surface area contributed by atoms with Crippen LogP contribution in [0.3, 0.4) is 0 Å². The molecule has 15 heavy (non-hydrogen) atoms. The Morgan fingerprint density at radius 3 is 2.87 bits per heavy atom. The van der Waals surface area contributed by atoms with Gasteiger partial charge in [-0.15, -0.1) is 0 Å². The molecule has 0 spiro atoms. The Morgan fingerprint density at radius 2 is 2.20 bits per heavy atom. The number of rotatable bonds is 4. The van der Waals surface area contributed by atoms with Gasteiger partial charge in [-0.1, -0.05) is 0 Å². The number of anilines is 1. The third-order valence-corrected chi connectivity index (χ3v) is 2.99. The Kier molecular flexibility index (Phi) is 2.01. The second-order valence-electron chi connectivity index (χ2n) is 4.61. The highest BCUT2D eigenvalue weighted by atomic mass is 16.1. The summed E-state index contributed by atoms with van der Waals surface area (Å²) >= 11 is 0. The van der Waals surface area contributed by atoms with Crippen molar-refractivity contribution in [2.75, 3.05) is 11.9 Å². The number of H-pyrrole nitrogens is 1. The predicted octanol–water partition coefficient (Wildman–Crippen LogP) is 1.47. The number of nitrogens with one attached hydrogen (secondary N) is 2. The minimum atomic E-state index is -0.0369. The topological polar surface area (TPSA) is 57.8 Å². The monoisotopic (exact) mass is 205 g/mol. The Bertz CT molecular complexity index is 418. The average Bonchev–Trinajstić information content (AvgIpc) is 3.06. The summed E-state index contributed by atoms with van der Waals surface area (Å²) in [4.78, 5) is 18.6. The standard InChI is InChI=1S/C11H15N3O/c15-10-5-9(12-6-7-1-2-7)13-11(14-10)8-3-4-8/h5,7-8H,1-4,6H2,(H2,12,13,14,15). The first-order valence-corrected chi connectivity index (χ1v) is 5.66. The van der Waals surface area contributed by atoms with Crippen LogP contribution >= 0.6 is 0 Å². The maximum Gasteiger partial charge on any atom is 0.252 e. The van der Waals surface area contributed by atoms with Gasteiger partial charge < -0.3 is 10.3 Å². The summed E-state index contributed by atoms with van der Waals surface area (Å²) in [5.41, 5.74) is -0.0369. The van der Waals surface area contributed by atoms with Crippen molar-refractivity contribution in [2.24, 2.45) is 5.92 Å². The van der Waals surface area contributed by atoms with Crippen LogP contribution < -0.4 is 10.9 Å². The van der Waals surface area contributed by atoms with E-state index in [0.717, 1.165) is 36.9 Å². The van der Waals surface area contributed by atoms with Gasteiger partial charge >= 0.3 is 0 Å². The number of nitrogens with zero attached hydrogens (tertiary/aromatic N) is 1. The van der Waals surface area contributed by atoms with Crippen LogP contribution in [0.1, 0.15) is 37.4 Å². The van der Waals surface area contributed by atoms with Crippen LogP contribution in [0.2, 0.25) is 0 Å². The number of hydrogen-bond acceptors (Lipinski definition) is 3. The number of hydrogen-bond donors (Lipinski definition) is 2. The lowest BCUT2D eigenvalue weighted by Gasteiger charge is -2.05. The first-order valence-electron chi connectivity index (χ1n) is 5.66. The molecule has 1 aromatic heterocycles. The molecule has 0 amide bonds. The van der Waals surface area contributed by atoms with Crippen LogP contribution in [0.4, 0.5) is 5.82 Å². The predicted molar refractivity (Wildman–Crippen MR) is 58.0 cm³/mol. The molecule has 4 heteroatoms. The van der Waals surface area contributed by atoms with Crippen LogP contribution in [0.15, 0.2) is 10.9 Å². The van der Waals surface area contributed by atoms with Crippen molar-refractivity contribution in [3.05, 3.63) is 22.2 Å². The first kappa shape index (κ1) is 8.95. The number of aromatic amines is 1. The fourth-order valence-electron chi connectivity index (χ4n) is 1.69. The molecule has 2 saturated carbocycles. The summed E-state index contributed by atoms with van der Waals surface area (Å²) in [7, 11) is 0. The SMILES string of the molecule is O=c1cc(NCC2CC2)nc(C2CC2)[nH]1. The largest absolute Gasteiger partial charge is 0.370 e. The van der Waals surface area contributed by atoms with Gasteiger partial charge in [-0.05, 0) is 31.6 Å². The summed E-state index contributed by atoms with van der Waals surface area (Å²) in [6.07, 6.45) is 4.95. The molecule has 0 aliphatic heterocycles. The molecular formula is C11H15N3O. The van der Waals surface area contributed by atoms with E-state index < -0.39 is 0 Å². The van der Waals surface area contributed by atoms with E-state index in [4.69, 9.17) is 0 Å². The van der Waals surface area contributed by atoms with Gasteiger partial charge in [0, 0.05) is 18.5 Å². The molecule has 80 valence electrons. The summed E-state index contributed by atoms with van der Waals surface area (Å²) in [6.45, 7) is 0.959. The molecule has 0 radical (unpaired) electrons. The van der Waals surface area contributed by atoms with Crippen LogP contribution in [0.5, 0.6) is 0 Å². The molecular weight excluding hydrogens is 190 g/mol. The molecule has 2 N–H and O–H groups in total. The van der Waals surface area contributed by atoms with Crippen molar-refractivity contribution in [3.63, 3.8) is 0 Å². The summed E-state index contributed by atoms with van der Waals surface area (Å²) in [6, 6.07) is 1.55. The van der Waals surface area contributed by atoms with Gasteiger partial charge in [0.1, 0.15) is 11.6 Å². The van der Waals surface area contributed by atoms with Crippen molar-refractivity contribution >= 4 is 5.82 Å². The maximum atomic E-state index is 11.4. The van der Waals surface area contributed by atoms with Gasteiger partial charge in [-0.3, -0.25) is 4.79 Å². The Hall–Kier alpha value is -1.32. The lowest BCUT2D eigenvalue weighted by Crippen LogP contribution is -2.14. The second-order valence-corrected chi connectivity index (χ2v) is 4.61. The molecule has 2 aliphatic carbocycles. The Morgan fingerprint density at radius 1 is 1.40 bits per heavy atom. The van der Waals surface area contributed by atoms with E-state index in [2.05, 4.69) is 15.3 Å². The van der Waals surface area contributed by atoms with E-state index in [0.29, 0.717) is 5.92 Å². The van der Waals surface area contributed by atoms with Crippen LogP contribution in [0, 0.1) is 5.92 Å². The lowest BCUT2D eigenvalue weighted by atomic mass is 10.3. The van der Waals surface area contributed by atoms with Crippen molar-refractivity contribution in [1.29, 1.82) is 0 Å². The molecule has 0 unspecified atom stereocenters. The molecule has 1 aromatic rings. The quantitative estimate of drug-likeness (QED) is 0.782. The third kappa shape index (κ3) is 2.19. The fourth-order valence-corrected chi connectivity index (χ4v) is 1.69. The van der Waals surface area contributed by atoms with Gasteiger partial charge in [0.15, 0.2) is 0 Å². The zero-order valence-electron chi connectivity index (χ0n) is 8.62. The third-order valence-electron chi connectivity index (χ3n) is 2.99. The van der Waals surface area contributed by atoms with Crippen molar-refractivity contribution in [1.82, 2.24) is 9.97 Å². The van der Waals surface area contributed by atoms with E-state index in [-0.39, 0.29) is 5.56 Å². The molecule has 4 nitrogen and oxygen atoms in total. The van der Waals surface area contributed by atoms with Crippen molar-refractivity contribution < 1.29 is 0 Å². The maximum absolute atomic E-state index is 11.4. The molecule has 0 atom stereocenters. The van der Waals surface area contributed by atoms with Crippen molar-refractivity contribution in [3.8, 4) is 0 Å². The summed E-state index contributed by atoms with van der Waals surface area (Å²) in [5.74, 6) is 2.91. The van der Waals surface area contributed by atoms with Crippen LogP contribution in [-0.4, -0.2) is 16.5 Å². The minimum absolute atomic E-state index is 0.0369. The molecule has 0 saturated heterocycles. The second kappa shape index (κ2) is 3.36. The summed E-state index contributed by atoms with van der Waals surface area (Å²) in [5, 5.41) is 3.24. The molecule has 2 fully saturated rings. The fraction of sp³-hybridized carbons (Fsp3) is 0.636. The van der Waals surface area contributed by atoms with Gasteiger partial charge in [0.05, 0.1) is 0 Å². The Labute approximate surface area is 88.1 Å². The summed E-state index contributed by atoms with van der Waals surface area (Å²) < 4.78 is 0. The molecule has 0 aromatic carbocycles. The molecule has 1 heterocycles. The van der Waals surface area contributed by atoms with E-state index in [1.807, 2.05) is 0 Å². The molecule has 0 bridgehead atoms. The van der Waals surface area contributed by atoms with E-state index in [1.165, 1.54) is 12.8 Å². The van der Waals surface area contributed by atoms with E-state index in [9.17, 15) is 4.79 Å². The first-order chi connectivity index (χ1) is 7.31. The zero-order valence-corrected chi connectivity index (χ0v) is 8.62. The Balaban J connectivity index is 1.76. The highest BCUT2D eigenvalue weighted by Crippen LogP contribution is 2.37. The van der Waals surface area contributed by atoms with Gasteiger partial charge in [0.2, 0.25) is 0 Å². The lowest BCUT2D eigenvalue weighted by molar-refractivity contribution is 0.861. The van der Waals surface area contributed by atoms with Gasteiger partial charge in [-0.25, -0.2) is 4.98 Å². The average molecular weight is 205 g/mol. The van der Waals surface area contributed by atoms with Gasteiger partial charge in [0.25, 0.3) is 5.56 Å². The highest BCUT2D eigenvalue weighted by molar-refractivity contribution is 5.34. The number of aromatic nitrogens is 2. The smallest absolute Gasteiger partial charge is 0.252 e. The van der Waals surface area contributed by atoms with E-state index in [1.54, 1.807) is 6.07 Å². The highest BCUT2D eigenvalue weighted by Gasteiger charge is 2.26. The minimum Gasteiger partial charge on any atom is -0.370 e. The van der Waals surface area contributed by atoms with Crippen LogP contribution in [-0.2, 0) is 0 Å².